The summed E-state index contributed by atoms with van der Waals surface area (Å²) in [5, 5.41) is 0.726. The topological polar surface area (TPSA) is 17.1 Å². The average molecular weight is 209 g/mol. The van der Waals surface area contributed by atoms with Crippen molar-refractivity contribution >= 4 is 24.0 Å². The molecule has 0 aliphatic heterocycles. The van der Waals surface area contributed by atoms with Crippen molar-refractivity contribution < 1.29 is 4.79 Å². The van der Waals surface area contributed by atoms with Gasteiger partial charge in [-0.25, -0.2) is 0 Å². The van der Waals surface area contributed by atoms with E-state index in [0.29, 0.717) is 0 Å². The van der Waals surface area contributed by atoms with E-state index in [1.165, 1.54) is 0 Å². The van der Waals surface area contributed by atoms with E-state index in [-0.39, 0.29) is 0 Å². The maximum absolute atomic E-state index is 10.6. The second kappa shape index (κ2) is 4.97. The van der Waals surface area contributed by atoms with Gasteiger partial charge in [0.25, 0.3) is 0 Å². The van der Waals surface area contributed by atoms with Gasteiger partial charge in [0.2, 0.25) is 0 Å². The molecular formula is C12H13ClO. The summed E-state index contributed by atoms with van der Waals surface area (Å²) < 4.78 is 0. The van der Waals surface area contributed by atoms with E-state index in [0.717, 1.165) is 34.4 Å². The number of hydrogen-bond acceptors (Lipinski definition) is 1. The second-order valence-electron chi connectivity index (χ2n) is 3.19. The predicted molar refractivity (Wildman–Crippen MR) is 60.5 cm³/mol. The zero-order valence-corrected chi connectivity index (χ0v) is 9.14. The number of allylic oxidation sites excluding steroid dienone is 1. The third-order valence-corrected chi connectivity index (χ3v) is 2.37. The molecule has 0 bridgehead atoms. The Morgan fingerprint density at radius 2 is 2.21 bits per heavy atom. The molecule has 0 aliphatic carbocycles. The molecule has 0 heterocycles. The number of halogens is 1. The quantitative estimate of drug-likeness (QED) is 0.548. The number of benzene rings is 1. The lowest BCUT2D eigenvalue weighted by atomic mass is 10.1. The molecule has 0 saturated carbocycles. The molecular weight excluding hydrogens is 196 g/mol. The lowest BCUT2D eigenvalue weighted by Gasteiger charge is -2.01. The minimum atomic E-state index is 0.726. The summed E-state index contributed by atoms with van der Waals surface area (Å²) in [4.78, 5) is 10.6. The molecule has 14 heavy (non-hydrogen) atoms. The number of carbonyl (C=O) groups excluding carboxylic acids is 1. The van der Waals surface area contributed by atoms with Crippen LogP contribution in [0.15, 0.2) is 23.8 Å². The van der Waals surface area contributed by atoms with Crippen molar-refractivity contribution in [2.75, 3.05) is 0 Å². The van der Waals surface area contributed by atoms with Crippen LogP contribution in [-0.4, -0.2) is 6.29 Å². The third-order valence-electron chi connectivity index (χ3n) is 2.13. The minimum absolute atomic E-state index is 0.726. The van der Waals surface area contributed by atoms with Gasteiger partial charge in [0.05, 0.1) is 0 Å². The monoisotopic (exact) mass is 208 g/mol. The molecule has 1 aromatic rings. The van der Waals surface area contributed by atoms with Crippen molar-refractivity contribution in [1.29, 1.82) is 0 Å². The molecule has 0 atom stereocenters. The maximum atomic E-state index is 10.6. The predicted octanol–water partition coefficient (Wildman–Crippen LogP) is 3.64. The van der Waals surface area contributed by atoms with Crippen LogP contribution in [0.2, 0.25) is 5.02 Å². The fourth-order valence-electron chi connectivity index (χ4n) is 1.22. The van der Waals surface area contributed by atoms with Crippen LogP contribution in [-0.2, 0) is 4.79 Å². The lowest BCUT2D eigenvalue weighted by Crippen LogP contribution is -1.85. The highest BCUT2D eigenvalue weighted by atomic mass is 35.5. The van der Waals surface area contributed by atoms with Gasteiger partial charge in [0, 0.05) is 5.02 Å². The second-order valence-corrected chi connectivity index (χ2v) is 3.63. The number of hydrogen-bond donors (Lipinski definition) is 0. The van der Waals surface area contributed by atoms with Gasteiger partial charge >= 0.3 is 0 Å². The summed E-state index contributed by atoms with van der Waals surface area (Å²) in [6.07, 6.45) is 3.55. The summed E-state index contributed by atoms with van der Waals surface area (Å²) in [5.74, 6) is 0. The summed E-state index contributed by atoms with van der Waals surface area (Å²) in [6, 6.07) is 5.65. The first-order valence-corrected chi connectivity index (χ1v) is 4.97. The molecule has 0 aliphatic rings. The normalized spacial score (nSPS) is 11.5. The van der Waals surface area contributed by atoms with Crippen molar-refractivity contribution in [3.8, 4) is 0 Å². The van der Waals surface area contributed by atoms with Crippen molar-refractivity contribution in [2.24, 2.45) is 0 Å². The van der Waals surface area contributed by atoms with Crippen LogP contribution in [0.5, 0.6) is 0 Å². The zero-order chi connectivity index (χ0) is 10.6. The molecule has 2 heteroatoms. The van der Waals surface area contributed by atoms with Crippen LogP contribution in [0.4, 0.5) is 0 Å². The van der Waals surface area contributed by atoms with E-state index < -0.39 is 0 Å². The Balaban J connectivity index is 3.08. The number of rotatable bonds is 3. The Kier molecular flexibility index (Phi) is 3.90. The number of carbonyl (C=O) groups is 1. The first-order chi connectivity index (χ1) is 6.67. The van der Waals surface area contributed by atoms with Gasteiger partial charge in [-0.2, -0.15) is 0 Å². The lowest BCUT2D eigenvalue weighted by molar-refractivity contribution is -0.104. The van der Waals surface area contributed by atoms with Crippen LogP contribution in [0.1, 0.15) is 24.5 Å². The largest absolute Gasteiger partial charge is 0.298 e. The molecule has 0 radical (unpaired) electrons. The van der Waals surface area contributed by atoms with E-state index in [1.54, 1.807) is 0 Å². The smallest absolute Gasteiger partial charge is 0.146 e. The summed E-state index contributed by atoms with van der Waals surface area (Å²) in [5.41, 5.74) is 2.94. The fourth-order valence-corrected chi connectivity index (χ4v) is 1.45. The SMILES string of the molecule is CC/C(C=O)=C/c1ccc(Cl)cc1C. The van der Waals surface area contributed by atoms with Crippen LogP contribution < -0.4 is 0 Å². The van der Waals surface area contributed by atoms with Crippen LogP contribution in [0.25, 0.3) is 6.08 Å². The van der Waals surface area contributed by atoms with Crippen molar-refractivity contribution in [2.45, 2.75) is 20.3 Å². The molecule has 0 aromatic heterocycles. The molecule has 0 N–H and O–H groups in total. The Labute approximate surface area is 89.4 Å². The van der Waals surface area contributed by atoms with E-state index in [4.69, 9.17) is 11.6 Å². The fraction of sp³-hybridized carbons (Fsp3) is 0.250. The average Bonchev–Trinajstić information content (AvgIpc) is 2.17. The van der Waals surface area contributed by atoms with Crippen LogP contribution in [0.3, 0.4) is 0 Å². The highest BCUT2D eigenvalue weighted by Crippen LogP contribution is 2.18. The highest BCUT2D eigenvalue weighted by Gasteiger charge is 1.98. The van der Waals surface area contributed by atoms with Crippen molar-refractivity contribution in [3.63, 3.8) is 0 Å². The van der Waals surface area contributed by atoms with Crippen molar-refractivity contribution in [1.82, 2.24) is 0 Å². The molecule has 1 rings (SSSR count). The molecule has 0 unspecified atom stereocenters. The summed E-state index contributed by atoms with van der Waals surface area (Å²) >= 11 is 5.83. The Morgan fingerprint density at radius 3 is 2.71 bits per heavy atom. The van der Waals surface area contributed by atoms with E-state index in [1.807, 2.05) is 38.1 Å². The van der Waals surface area contributed by atoms with Gasteiger partial charge < -0.3 is 0 Å². The van der Waals surface area contributed by atoms with Gasteiger partial charge in [-0.3, -0.25) is 4.79 Å². The van der Waals surface area contributed by atoms with Gasteiger partial charge in [0.1, 0.15) is 6.29 Å². The van der Waals surface area contributed by atoms with E-state index in [9.17, 15) is 4.79 Å². The molecule has 0 amide bonds. The number of aldehydes is 1. The Hall–Kier alpha value is -1.08. The Bertz CT molecular complexity index is 367. The molecule has 0 fully saturated rings. The molecule has 1 nitrogen and oxygen atoms in total. The number of aryl methyl sites for hydroxylation is 1. The highest BCUT2D eigenvalue weighted by molar-refractivity contribution is 6.30. The zero-order valence-electron chi connectivity index (χ0n) is 8.38. The molecule has 0 saturated heterocycles. The van der Waals surface area contributed by atoms with E-state index in [2.05, 4.69) is 0 Å². The van der Waals surface area contributed by atoms with Crippen LogP contribution in [0, 0.1) is 6.92 Å². The van der Waals surface area contributed by atoms with Gasteiger partial charge in [-0.15, -0.1) is 0 Å². The molecule has 1 aromatic carbocycles. The molecule has 0 spiro atoms. The van der Waals surface area contributed by atoms with Gasteiger partial charge in [-0.1, -0.05) is 24.6 Å². The first kappa shape index (κ1) is 11.0. The Morgan fingerprint density at radius 1 is 1.50 bits per heavy atom. The third kappa shape index (κ3) is 2.71. The van der Waals surface area contributed by atoms with Crippen molar-refractivity contribution in [3.05, 3.63) is 39.9 Å². The van der Waals surface area contributed by atoms with E-state index >= 15 is 0 Å². The maximum Gasteiger partial charge on any atom is 0.146 e. The van der Waals surface area contributed by atoms with Gasteiger partial charge in [0.15, 0.2) is 0 Å². The standard InChI is InChI=1S/C12H13ClO/c1-3-10(8-14)7-11-4-5-12(13)6-9(11)2/h4-8H,3H2,1-2H3/b10-7-. The van der Waals surface area contributed by atoms with Crippen LogP contribution >= 0.6 is 11.6 Å². The molecule has 74 valence electrons. The first-order valence-electron chi connectivity index (χ1n) is 4.59. The van der Waals surface area contributed by atoms with Gasteiger partial charge in [-0.05, 0) is 48.3 Å². The summed E-state index contributed by atoms with van der Waals surface area (Å²) in [6.45, 7) is 3.95. The minimum Gasteiger partial charge on any atom is -0.298 e. The summed E-state index contributed by atoms with van der Waals surface area (Å²) in [7, 11) is 0.